The summed E-state index contributed by atoms with van der Waals surface area (Å²) in [6.45, 7) is 3.32. The van der Waals surface area contributed by atoms with Crippen molar-refractivity contribution in [3.63, 3.8) is 0 Å². The van der Waals surface area contributed by atoms with Crippen LogP contribution in [0.15, 0.2) is 53.0 Å². The van der Waals surface area contributed by atoms with E-state index in [1.165, 1.54) is 12.1 Å². The molecule has 0 fully saturated rings. The van der Waals surface area contributed by atoms with Crippen molar-refractivity contribution in [3.05, 3.63) is 70.1 Å². The quantitative estimate of drug-likeness (QED) is 0.273. The van der Waals surface area contributed by atoms with Crippen LogP contribution in [0, 0.1) is 12.7 Å². The molecule has 2 aromatic heterocycles. The Morgan fingerprint density at radius 2 is 2.00 bits per heavy atom. The molecule has 0 atom stereocenters. The van der Waals surface area contributed by atoms with Gasteiger partial charge >= 0.3 is 0 Å². The van der Waals surface area contributed by atoms with Crippen molar-refractivity contribution < 1.29 is 9.13 Å². The maximum Gasteiger partial charge on any atom is 0.219 e. The molecular formula is C20H23FIN5OS. The summed E-state index contributed by atoms with van der Waals surface area (Å²) in [4.78, 5) is 12.9. The minimum Gasteiger partial charge on any atom is -0.439 e. The Morgan fingerprint density at radius 1 is 1.21 bits per heavy atom. The lowest BCUT2D eigenvalue weighted by Gasteiger charge is -2.12. The van der Waals surface area contributed by atoms with Gasteiger partial charge in [-0.3, -0.25) is 4.99 Å². The minimum absolute atomic E-state index is 0. The Bertz CT molecular complexity index is 933. The number of nitrogens with zero attached hydrogens (tertiary/aromatic N) is 3. The van der Waals surface area contributed by atoms with Gasteiger partial charge in [0, 0.05) is 44.2 Å². The molecule has 0 bridgehead atoms. The molecule has 9 heteroatoms. The van der Waals surface area contributed by atoms with Gasteiger partial charge in [0.25, 0.3) is 0 Å². The zero-order valence-corrected chi connectivity index (χ0v) is 19.3. The highest BCUT2D eigenvalue weighted by atomic mass is 127. The summed E-state index contributed by atoms with van der Waals surface area (Å²) < 4.78 is 18.7. The Kier molecular flexibility index (Phi) is 9.26. The molecular weight excluding hydrogens is 504 g/mol. The largest absolute Gasteiger partial charge is 0.439 e. The van der Waals surface area contributed by atoms with Gasteiger partial charge in [-0.2, -0.15) is 0 Å². The van der Waals surface area contributed by atoms with Crippen LogP contribution in [0.25, 0.3) is 0 Å². The van der Waals surface area contributed by atoms with Crippen molar-refractivity contribution in [3.8, 4) is 11.6 Å². The van der Waals surface area contributed by atoms with Crippen LogP contribution >= 0.6 is 35.3 Å². The van der Waals surface area contributed by atoms with Gasteiger partial charge in [-0.05, 0) is 42.8 Å². The monoisotopic (exact) mass is 527 g/mol. The van der Waals surface area contributed by atoms with Crippen LogP contribution in [-0.2, 0) is 13.0 Å². The van der Waals surface area contributed by atoms with Crippen LogP contribution in [0.5, 0.6) is 11.6 Å². The summed E-state index contributed by atoms with van der Waals surface area (Å²) in [5.41, 5.74) is 2.08. The molecule has 0 spiro atoms. The predicted octanol–water partition coefficient (Wildman–Crippen LogP) is 4.30. The molecule has 1 aromatic carbocycles. The average Bonchev–Trinajstić information content (AvgIpc) is 3.12. The number of hydrogen-bond donors (Lipinski definition) is 2. The lowest BCUT2D eigenvalue weighted by Crippen LogP contribution is -2.37. The SMILES string of the molecule is CN=C(NCCc1csc(C)n1)NCc1ccnc(Oc2ccc(F)cc2)c1.I. The fourth-order valence-electron chi connectivity index (χ4n) is 2.48. The third-order valence-electron chi connectivity index (χ3n) is 3.86. The molecule has 0 aliphatic carbocycles. The smallest absolute Gasteiger partial charge is 0.219 e. The van der Waals surface area contributed by atoms with Crippen LogP contribution in [-0.4, -0.2) is 29.5 Å². The van der Waals surface area contributed by atoms with E-state index in [9.17, 15) is 4.39 Å². The van der Waals surface area contributed by atoms with E-state index in [4.69, 9.17) is 4.74 Å². The van der Waals surface area contributed by atoms with Gasteiger partial charge < -0.3 is 15.4 Å². The molecule has 3 rings (SSSR count). The summed E-state index contributed by atoms with van der Waals surface area (Å²) in [6.07, 6.45) is 2.52. The van der Waals surface area contributed by atoms with Gasteiger partial charge in [-0.15, -0.1) is 35.3 Å². The van der Waals surface area contributed by atoms with Crippen LogP contribution < -0.4 is 15.4 Å². The topological polar surface area (TPSA) is 71.4 Å². The number of hydrogen-bond acceptors (Lipinski definition) is 5. The van der Waals surface area contributed by atoms with Gasteiger partial charge in [0.05, 0.1) is 10.7 Å². The zero-order valence-electron chi connectivity index (χ0n) is 16.2. The van der Waals surface area contributed by atoms with Crippen molar-refractivity contribution in [2.24, 2.45) is 4.99 Å². The van der Waals surface area contributed by atoms with Crippen molar-refractivity contribution in [2.75, 3.05) is 13.6 Å². The lowest BCUT2D eigenvalue weighted by molar-refractivity contribution is 0.460. The summed E-state index contributed by atoms with van der Waals surface area (Å²) in [6, 6.07) is 9.57. The van der Waals surface area contributed by atoms with E-state index in [2.05, 4.69) is 31.0 Å². The summed E-state index contributed by atoms with van der Waals surface area (Å²) >= 11 is 1.66. The predicted molar refractivity (Wildman–Crippen MR) is 125 cm³/mol. The molecule has 29 heavy (non-hydrogen) atoms. The molecule has 0 unspecified atom stereocenters. The highest BCUT2D eigenvalue weighted by Gasteiger charge is 2.04. The molecule has 0 radical (unpaired) electrons. The van der Waals surface area contributed by atoms with Crippen LogP contribution in [0.2, 0.25) is 0 Å². The van der Waals surface area contributed by atoms with E-state index in [1.807, 2.05) is 19.1 Å². The fraction of sp³-hybridized carbons (Fsp3) is 0.250. The third-order valence-corrected chi connectivity index (χ3v) is 4.68. The van der Waals surface area contributed by atoms with Crippen molar-refractivity contribution in [2.45, 2.75) is 19.9 Å². The Morgan fingerprint density at radius 3 is 2.69 bits per heavy atom. The van der Waals surface area contributed by atoms with Crippen LogP contribution in [0.3, 0.4) is 0 Å². The number of guanidine groups is 1. The fourth-order valence-corrected chi connectivity index (χ4v) is 3.13. The number of aromatic nitrogens is 2. The number of ether oxygens (including phenoxy) is 1. The number of halogens is 2. The molecule has 2 N–H and O–H groups in total. The molecule has 0 saturated carbocycles. The van der Waals surface area contributed by atoms with E-state index >= 15 is 0 Å². The second-order valence-corrected chi connectivity index (χ2v) is 7.08. The molecule has 154 valence electrons. The van der Waals surface area contributed by atoms with Crippen LogP contribution in [0.4, 0.5) is 4.39 Å². The van der Waals surface area contributed by atoms with Crippen molar-refractivity contribution in [1.29, 1.82) is 0 Å². The van der Waals surface area contributed by atoms with Gasteiger partial charge in [0.2, 0.25) is 5.88 Å². The van der Waals surface area contributed by atoms with Gasteiger partial charge in [0.15, 0.2) is 5.96 Å². The molecule has 6 nitrogen and oxygen atoms in total. The van der Waals surface area contributed by atoms with Crippen LogP contribution in [0.1, 0.15) is 16.3 Å². The van der Waals surface area contributed by atoms with Crippen molar-refractivity contribution >= 4 is 41.3 Å². The Balaban J connectivity index is 0.00000300. The summed E-state index contributed by atoms with van der Waals surface area (Å²) in [5.74, 6) is 1.40. The van der Waals surface area contributed by atoms with E-state index in [-0.39, 0.29) is 29.8 Å². The maximum atomic E-state index is 13.0. The Hall–Kier alpha value is -2.27. The molecule has 0 aliphatic rings. The lowest BCUT2D eigenvalue weighted by atomic mass is 10.2. The molecule has 2 heterocycles. The van der Waals surface area contributed by atoms with E-state index < -0.39 is 0 Å². The average molecular weight is 527 g/mol. The number of benzene rings is 1. The van der Waals surface area contributed by atoms with E-state index in [1.54, 1.807) is 36.7 Å². The summed E-state index contributed by atoms with van der Waals surface area (Å²) in [5, 5.41) is 9.70. The maximum absolute atomic E-state index is 13.0. The van der Waals surface area contributed by atoms with Crippen molar-refractivity contribution in [1.82, 2.24) is 20.6 Å². The first-order valence-electron chi connectivity index (χ1n) is 8.86. The first-order valence-corrected chi connectivity index (χ1v) is 9.74. The number of aliphatic imine (C=N–C) groups is 1. The first kappa shape index (κ1) is 23.0. The number of rotatable bonds is 7. The molecule has 0 amide bonds. The second kappa shape index (κ2) is 11.7. The number of pyridine rings is 1. The van der Waals surface area contributed by atoms with Gasteiger partial charge in [-0.25, -0.2) is 14.4 Å². The number of nitrogens with one attached hydrogen (secondary N) is 2. The zero-order chi connectivity index (χ0) is 19.8. The third kappa shape index (κ3) is 7.58. The van der Waals surface area contributed by atoms with Gasteiger partial charge in [0.1, 0.15) is 11.6 Å². The number of aryl methyl sites for hydroxylation is 1. The first-order chi connectivity index (χ1) is 13.6. The highest BCUT2D eigenvalue weighted by molar-refractivity contribution is 14.0. The van der Waals surface area contributed by atoms with Gasteiger partial charge in [-0.1, -0.05) is 0 Å². The molecule has 3 aromatic rings. The molecule has 0 aliphatic heterocycles. The minimum atomic E-state index is -0.304. The van der Waals surface area contributed by atoms with E-state index in [0.717, 1.165) is 29.2 Å². The Labute approximate surface area is 190 Å². The number of thiazole rings is 1. The summed E-state index contributed by atoms with van der Waals surface area (Å²) in [7, 11) is 1.73. The second-order valence-electron chi connectivity index (χ2n) is 6.02. The molecule has 0 saturated heterocycles. The highest BCUT2D eigenvalue weighted by Crippen LogP contribution is 2.20. The van der Waals surface area contributed by atoms with E-state index in [0.29, 0.717) is 24.1 Å². The standard InChI is InChI=1S/C20H22FN5OS.HI/c1-14-26-17(13-28-14)8-10-24-20(22-2)25-12-15-7-9-23-19(11-15)27-18-5-3-16(21)4-6-18;/h3-7,9,11,13H,8,10,12H2,1-2H3,(H2,22,24,25);1H. The normalized spacial score (nSPS) is 10.9.